The highest BCUT2D eigenvalue weighted by molar-refractivity contribution is 7.80. The molecular weight excluding hydrogens is 238 g/mol. The lowest BCUT2D eigenvalue weighted by Crippen LogP contribution is -2.50. The van der Waals surface area contributed by atoms with E-state index in [1.807, 2.05) is 0 Å². The monoisotopic (exact) mass is 259 g/mol. The van der Waals surface area contributed by atoms with Crippen LogP contribution in [-0.4, -0.2) is 30.3 Å². The van der Waals surface area contributed by atoms with Crippen LogP contribution in [0.25, 0.3) is 0 Å². The number of amides is 1. The van der Waals surface area contributed by atoms with Crippen LogP contribution in [0.2, 0.25) is 0 Å². The first-order valence-corrected chi connectivity index (χ1v) is 6.45. The zero-order chi connectivity index (χ0) is 12.7. The molecule has 1 saturated heterocycles. The normalized spacial score (nSPS) is 19.1. The molecule has 1 heterocycles. The molecule has 3 N–H and O–H groups in total. The van der Waals surface area contributed by atoms with Crippen molar-refractivity contribution in [3.8, 4) is 0 Å². The van der Waals surface area contributed by atoms with Gasteiger partial charge in [0.15, 0.2) is 5.11 Å². The van der Waals surface area contributed by atoms with Crippen LogP contribution in [0.1, 0.15) is 33.1 Å². The summed E-state index contributed by atoms with van der Waals surface area (Å²) in [5.74, 6) is 0.474. The Kier molecular flexibility index (Phi) is 6.21. The quantitative estimate of drug-likeness (QED) is 0.512. The van der Waals surface area contributed by atoms with Crippen molar-refractivity contribution in [3.63, 3.8) is 0 Å². The fraction of sp³-hybridized carbons (Fsp3) is 0.818. The van der Waals surface area contributed by atoms with Gasteiger partial charge in [0.2, 0.25) is 0 Å². The smallest absolute Gasteiger partial charge is 0.267 e. The molecular formula is C11H21N3O2S. The average Bonchev–Trinajstić information content (AvgIpc) is 2.78. The van der Waals surface area contributed by atoms with Gasteiger partial charge in [0, 0.05) is 13.2 Å². The van der Waals surface area contributed by atoms with Crippen molar-refractivity contribution < 1.29 is 9.53 Å². The van der Waals surface area contributed by atoms with Crippen molar-refractivity contribution in [3.05, 3.63) is 0 Å². The first-order valence-electron chi connectivity index (χ1n) is 6.05. The Labute approximate surface area is 108 Å². The summed E-state index contributed by atoms with van der Waals surface area (Å²) in [6.45, 7) is 5.77. The second-order valence-corrected chi connectivity index (χ2v) is 4.96. The Bertz CT molecular complexity index is 265. The molecule has 1 fully saturated rings. The summed E-state index contributed by atoms with van der Waals surface area (Å²) in [6, 6.07) is 0. The van der Waals surface area contributed by atoms with Gasteiger partial charge in [-0.25, -0.2) is 0 Å². The molecule has 0 saturated carbocycles. The second kappa shape index (κ2) is 7.45. The van der Waals surface area contributed by atoms with E-state index < -0.39 is 0 Å². The van der Waals surface area contributed by atoms with Gasteiger partial charge < -0.3 is 10.1 Å². The number of hydrogen-bond donors (Lipinski definition) is 3. The minimum atomic E-state index is -0.332. The first kappa shape index (κ1) is 14.2. The van der Waals surface area contributed by atoms with Crippen molar-refractivity contribution in [2.24, 2.45) is 5.92 Å². The van der Waals surface area contributed by atoms with Gasteiger partial charge >= 0.3 is 0 Å². The highest BCUT2D eigenvalue weighted by Gasteiger charge is 2.23. The van der Waals surface area contributed by atoms with Crippen molar-refractivity contribution in [1.29, 1.82) is 0 Å². The summed E-state index contributed by atoms with van der Waals surface area (Å²) in [5, 5.41) is 3.47. The molecule has 1 unspecified atom stereocenters. The van der Waals surface area contributed by atoms with Crippen LogP contribution in [0.15, 0.2) is 0 Å². The minimum Gasteiger partial charge on any atom is -0.368 e. The number of carbonyl (C=O) groups excluding carboxylic acids is 1. The van der Waals surface area contributed by atoms with Crippen molar-refractivity contribution >= 4 is 23.2 Å². The third kappa shape index (κ3) is 5.83. The molecule has 5 nitrogen and oxygen atoms in total. The van der Waals surface area contributed by atoms with Crippen molar-refractivity contribution in [2.75, 3.05) is 13.2 Å². The predicted molar refractivity (Wildman–Crippen MR) is 70.3 cm³/mol. The van der Waals surface area contributed by atoms with Crippen LogP contribution in [-0.2, 0) is 9.53 Å². The van der Waals surface area contributed by atoms with Gasteiger partial charge in [-0.1, -0.05) is 13.8 Å². The highest BCUT2D eigenvalue weighted by Crippen LogP contribution is 2.11. The zero-order valence-electron chi connectivity index (χ0n) is 10.4. The SMILES string of the molecule is CC(C)CCNC(=S)NNC(=O)C1CCCO1. The van der Waals surface area contributed by atoms with E-state index in [1.165, 1.54) is 0 Å². The molecule has 1 atom stereocenters. The first-order chi connectivity index (χ1) is 8.09. The van der Waals surface area contributed by atoms with E-state index in [4.69, 9.17) is 17.0 Å². The van der Waals surface area contributed by atoms with Gasteiger partial charge in [-0.05, 0) is 37.4 Å². The third-order valence-electron chi connectivity index (χ3n) is 2.53. The van der Waals surface area contributed by atoms with Crippen LogP contribution in [0.5, 0.6) is 0 Å². The molecule has 1 rings (SSSR count). The molecule has 0 aromatic rings. The van der Waals surface area contributed by atoms with E-state index in [2.05, 4.69) is 30.0 Å². The van der Waals surface area contributed by atoms with Gasteiger partial charge in [0.25, 0.3) is 5.91 Å². The molecule has 0 aromatic heterocycles. The lowest BCUT2D eigenvalue weighted by molar-refractivity contribution is -0.130. The Morgan fingerprint density at radius 3 is 2.82 bits per heavy atom. The minimum absolute atomic E-state index is 0.157. The number of rotatable bonds is 4. The Morgan fingerprint density at radius 2 is 2.24 bits per heavy atom. The van der Waals surface area contributed by atoms with E-state index in [0.717, 1.165) is 25.8 Å². The number of thiocarbonyl (C=S) groups is 1. The van der Waals surface area contributed by atoms with Gasteiger partial charge in [0.1, 0.15) is 6.10 Å². The summed E-state index contributed by atoms with van der Waals surface area (Å²) in [5.41, 5.74) is 5.22. The van der Waals surface area contributed by atoms with Crippen LogP contribution >= 0.6 is 12.2 Å². The second-order valence-electron chi connectivity index (χ2n) is 4.55. The molecule has 1 amide bonds. The van der Waals surface area contributed by atoms with E-state index in [-0.39, 0.29) is 12.0 Å². The molecule has 0 aliphatic carbocycles. The maximum absolute atomic E-state index is 11.5. The van der Waals surface area contributed by atoms with Crippen molar-refractivity contribution in [2.45, 2.75) is 39.2 Å². The summed E-state index contributed by atoms with van der Waals surface area (Å²) >= 11 is 5.02. The van der Waals surface area contributed by atoms with Gasteiger partial charge in [0.05, 0.1) is 0 Å². The number of nitrogens with one attached hydrogen (secondary N) is 3. The summed E-state index contributed by atoms with van der Waals surface area (Å²) in [4.78, 5) is 11.5. The number of hydrazine groups is 1. The lowest BCUT2D eigenvalue weighted by atomic mass is 10.1. The summed E-state index contributed by atoms with van der Waals surface area (Å²) in [6.07, 6.45) is 2.43. The maximum Gasteiger partial charge on any atom is 0.267 e. The fourth-order valence-corrected chi connectivity index (χ4v) is 1.65. The molecule has 0 spiro atoms. The van der Waals surface area contributed by atoms with Gasteiger partial charge in [-0.15, -0.1) is 0 Å². The van der Waals surface area contributed by atoms with Crippen molar-refractivity contribution in [1.82, 2.24) is 16.2 Å². The maximum atomic E-state index is 11.5. The predicted octanol–water partition coefficient (Wildman–Crippen LogP) is 0.707. The summed E-state index contributed by atoms with van der Waals surface area (Å²) < 4.78 is 5.24. The van der Waals surface area contributed by atoms with E-state index in [0.29, 0.717) is 17.6 Å². The van der Waals surface area contributed by atoms with Crippen LogP contribution in [0.4, 0.5) is 0 Å². The molecule has 0 bridgehead atoms. The molecule has 0 radical (unpaired) electrons. The standard InChI is InChI=1S/C11H21N3O2S/c1-8(2)5-6-12-11(17)14-13-10(15)9-4-3-7-16-9/h8-9H,3-7H2,1-2H3,(H,13,15)(H2,12,14,17). The fourth-order valence-electron chi connectivity index (χ4n) is 1.50. The number of carbonyl (C=O) groups is 1. The van der Waals surface area contributed by atoms with Gasteiger partial charge in [-0.3, -0.25) is 15.6 Å². The average molecular weight is 259 g/mol. The van der Waals surface area contributed by atoms with Crippen LogP contribution in [0.3, 0.4) is 0 Å². The molecule has 0 aromatic carbocycles. The van der Waals surface area contributed by atoms with Crippen LogP contribution in [0, 0.1) is 5.92 Å². The summed E-state index contributed by atoms with van der Waals surface area (Å²) in [7, 11) is 0. The largest absolute Gasteiger partial charge is 0.368 e. The number of hydrogen-bond acceptors (Lipinski definition) is 3. The van der Waals surface area contributed by atoms with E-state index in [1.54, 1.807) is 0 Å². The Hall–Kier alpha value is -0.880. The zero-order valence-corrected chi connectivity index (χ0v) is 11.2. The Balaban J connectivity index is 2.08. The van der Waals surface area contributed by atoms with E-state index in [9.17, 15) is 4.79 Å². The molecule has 1 aliphatic rings. The molecule has 98 valence electrons. The van der Waals surface area contributed by atoms with Gasteiger partial charge in [-0.2, -0.15) is 0 Å². The molecule has 6 heteroatoms. The lowest BCUT2D eigenvalue weighted by Gasteiger charge is -2.14. The van der Waals surface area contributed by atoms with E-state index >= 15 is 0 Å². The topological polar surface area (TPSA) is 62.4 Å². The number of ether oxygens (including phenoxy) is 1. The van der Waals surface area contributed by atoms with Crippen LogP contribution < -0.4 is 16.2 Å². The molecule has 1 aliphatic heterocycles. The third-order valence-corrected chi connectivity index (χ3v) is 2.77. The highest BCUT2D eigenvalue weighted by atomic mass is 32.1. The Morgan fingerprint density at radius 1 is 1.47 bits per heavy atom. The molecule has 17 heavy (non-hydrogen) atoms.